The second-order valence-corrected chi connectivity index (χ2v) is 5.36. The normalized spacial score (nSPS) is 11.8. The van der Waals surface area contributed by atoms with Crippen LogP contribution in [-0.4, -0.2) is 22.5 Å². The molecule has 0 saturated heterocycles. The molecule has 2 aromatic rings. The standard InChI is InChI=1S/C16H15ClN2O4/c1-10-11(6-4-8-14(10)19(22)23)16(21)18-9-15(20)12-5-2-3-7-13(12)17/h2-8,15,20H,9H2,1H3,(H,18,21). The molecule has 0 fully saturated rings. The first-order valence-electron chi connectivity index (χ1n) is 6.86. The first kappa shape index (κ1) is 16.9. The summed E-state index contributed by atoms with van der Waals surface area (Å²) in [4.78, 5) is 22.6. The summed E-state index contributed by atoms with van der Waals surface area (Å²) in [5, 5.41) is 24.0. The van der Waals surface area contributed by atoms with Crippen molar-refractivity contribution in [3.05, 3.63) is 74.3 Å². The zero-order chi connectivity index (χ0) is 17.0. The lowest BCUT2D eigenvalue weighted by Gasteiger charge is -2.14. The molecule has 2 rings (SSSR count). The number of benzene rings is 2. The van der Waals surface area contributed by atoms with Gasteiger partial charge in [-0.05, 0) is 19.1 Å². The van der Waals surface area contributed by atoms with Gasteiger partial charge in [-0.15, -0.1) is 0 Å². The Hall–Kier alpha value is -2.44. The summed E-state index contributed by atoms with van der Waals surface area (Å²) in [6.07, 6.45) is -0.966. The van der Waals surface area contributed by atoms with Crippen LogP contribution in [0.3, 0.4) is 0 Å². The number of rotatable bonds is 5. The van der Waals surface area contributed by atoms with Crippen LogP contribution in [0.1, 0.15) is 27.6 Å². The number of aliphatic hydroxyl groups excluding tert-OH is 1. The van der Waals surface area contributed by atoms with Crippen molar-refractivity contribution in [3.8, 4) is 0 Å². The van der Waals surface area contributed by atoms with E-state index in [0.717, 1.165) is 0 Å². The number of nitro groups is 1. The third-order valence-corrected chi connectivity index (χ3v) is 3.81. The van der Waals surface area contributed by atoms with Gasteiger partial charge in [0.05, 0.1) is 11.0 Å². The molecular formula is C16H15ClN2O4. The molecule has 6 nitrogen and oxygen atoms in total. The summed E-state index contributed by atoms with van der Waals surface area (Å²) >= 11 is 5.98. The molecule has 23 heavy (non-hydrogen) atoms. The fourth-order valence-corrected chi connectivity index (χ4v) is 2.47. The Bertz CT molecular complexity index is 749. The zero-order valence-electron chi connectivity index (χ0n) is 12.3. The molecular weight excluding hydrogens is 320 g/mol. The number of nitrogens with one attached hydrogen (secondary N) is 1. The van der Waals surface area contributed by atoms with Crippen LogP contribution in [0, 0.1) is 17.0 Å². The van der Waals surface area contributed by atoms with Crippen LogP contribution in [0.4, 0.5) is 5.69 Å². The molecule has 0 radical (unpaired) electrons. The predicted molar refractivity (Wildman–Crippen MR) is 86.6 cm³/mol. The highest BCUT2D eigenvalue weighted by molar-refractivity contribution is 6.31. The van der Waals surface area contributed by atoms with E-state index in [0.29, 0.717) is 10.6 Å². The third-order valence-electron chi connectivity index (χ3n) is 3.47. The summed E-state index contributed by atoms with van der Waals surface area (Å²) in [5.41, 5.74) is 0.863. The van der Waals surface area contributed by atoms with E-state index in [1.807, 2.05) is 0 Å². The van der Waals surface area contributed by atoms with Crippen molar-refractivity contribution < 1.29 is 14.8 Å². The highest BCUT2D eigenvalue weighted by atomic mass is 35.5. The van der Waals surface area contributed by atoms with Gasteiger partial charge in [-0.1, -0.05) is 35.9 Å². The van der Waals surface area contributed by atoms with Crippen molar-refractivity contribution in [1.29, 1.82) is 0 Å². The van der Waals surface area contributed by atoms with Crippen molar-refractivity contribution in [2.75, 3.05) is 6.54 Å². The number of carbonyl (C=O) groups excluding carboxylic acids is 1. The van der Waals surface area contributed by atoms with E-state index in [1.165, 1.54) is 25.1 Å². The lowest BCUT2D eigenvalue weighted by Crippen LogP contribution is -2.29. The van der Waals surface area contributed by atoms with Gasteiger partial charge in [0.2, 0.25) is 0 Å². The van der Waals surface area contributed by atoms with Crippen molar-refractivity contribution in [3.63, 3.8) is 0 Å². The summed E-state index contributed by atoms with van der Waals surface area (Å²) < 4.78 is 0. The van der Waals surface area contributed by atoms with Gasteiger partial charge in [0.1, 0.15) is 0 Å². The minimum atomic E-state index is -0.966. The number of nitro benzene ring substituents is 1. The Labute approximate surface area is 137 Å². The maximum atomic E-state index is 12.2. The SMILES string of the molecule is Cc1c(C(=O)NCC(O)c2ccccc2Cl)cccc1[N+](=O)[O-]. The number of nitrogens with zero attached hydrogens (tertiary/aromatic N) is 1. The molecule has 1 amide bonds. The first-order valence-corrected chi connectivity index (χ1v) is 7.24. The van der Waals surface area contributed by atoms with Crippen molar-refractivity contribution in [1.82, 2.24) is 5.32 Å². The van der Waals surface area contributed by atoms with Crippen LogP contribution in [0.2, 0.25) is 5.02 Å². The molecule has 0 bridgehead atoms. The van der Waals surface area contributed by atoms with E-state index in [2.05, 4.69) is 5.32 Å². The molecule has 1 unspecified atom stereocenters. The van der Waals surface area contributed by atoms with Gasteiger partial charge in [0, 0.05) is 34.3 Å². The number of aliphatic hydroxyl groups is 1. The predicted octanol–water partition coefficient (Wildman–Crippen LogP) is 3.02. The lowest BCUT2D eigenvalue weighted by molar-refractivity contribution is -0.385. The van der Waals surface area contributed by atoms with Gasteiger partial charge in [-0.2, -0.15) is 0 Å². The van der Waals surface area contributed by atoms with Gasteiger partial charge >= 0.3 is 0 Å². The van der Waals surface area contributed by atoms with Crippen LogP contribution in [0.15, 0.2) is 42.5 Å². The maximum absolute atomic E-state index is 12.2. The van der Waals surface area contributed by atoms with E-state index in [1.54, 1.807) is 24.3 Å². The number of hydrogen-bond acceptors (Lipinski definition) is 4. The van der Waals surface area contributed by atoms with Crippen molar-refractivity contribution in [2.45, 2.75) is 13.0 Å². The summed E-state index contributed by atoms with van der Waals surface area (Å²) in [5.74, 6) is -0.489. The highest BCUT2D eigenvalue weighted by Crippen LogP contribution is 2.23. The van der Waals surface area contributed by atoms with Crippen LogP contribution in [0.25, 0.3) is 0 Å². The number of hydrogen-bond donors (Lipinski definition) is 2. The van der Waals surface area contributed by atoms with Gasteiger partial charge < -0.3 is 10.4 Å². The molecule has 120 valence electrons. The number of carbonyl (C=O) groups is 1. The van der Waals surface area contributed by atoms with E-state index in [9.17, 15) is 20.0 Å². The molecule has 2 N–H and O–H groups in total. The van der Waals surface area contributed by atoms with Crippen LogP contribution >= 0.6 is 11.6 Å². The molecule has 0 saturated carbocycles. The minimum absolute atomic E-state index is 0.0509. The molecule has 1 atom stereocenters. The molecule has 7 heteroatoms. The Morgan fingerprint density at radius 1 is 1.30 bits per heavy atom. The van der Waals surface area contributed by atoms with Crippen LogP contribution in [0.5, 0.6) is 0 Å². The number of halogens is 1. The Morgan fingerprint density at radius 2 is 2.00 bits per heavy atom. The number of amides is 1. The smallest absolute Gasteiger partial charge is 0.273 e. The monoisotopic (exact) mass is 334 g/mol. The largest absolute Gasteiger partial charge is 0.387 e. The summed E-state index contributed by atoms with van der Waals surface area (Å²) in [6.45, 7) is 1.46. The van der Waals surface area contributed by atoms with Crippen LogP contribution in [-0.2, 0) is 0 Å². The highest BCUT2D eigenvalue weighted by Gasteiger charge is 2.19. The van der Waals surface area contributed by atoms with Crippen LogP contribution < -0.4 is 5.32 Å². The van der Waals surface area contributed by atoms with Gasteiger partial charge in [-0.25, -0.2) is 0 Å². The van der Waals surface area contributed by atoms with Crippen molar-refractivity contribution >= 4 is 23.2 Å². The molecule has 2 aromatic carbocycles. The Kier molecular flexibility index (Phi) is 5.31. The van der Waals surface area contributed by atoms with Gasteiger partial charge in [0.25, 0.3) is 11.6 Å². The average Bonchev–Trinajstić information content (AvgIpc) is 2.52. The first-order chi connectivity index (χ1) is 10.9. The lowest BCUT2D eigenvalue weighted by atomic mass is 10.1. The van der Waals surface area contributed by atoms with Crippen molar-refractivity contribution in [2.24, 2.45) is 0 Å². The second kappa shape index (κ2) is 7.21. The molecule has 0 aliphatic carbocycles. The topological polar surface area (TPSA) is 92.5 Å². The Balaban J connectivity index is 2.10. The molecule has 0 aliphatic rings. The third kappa shape index (κ3) is 3.85. The summed E-state index contributed by atoms with van der Waals surface area (Å²) in [6, 6.07) is 11.1. The van der Waals surface area contributed by atoms with E-state index >= 15 is 0 Å². The minimum Gasteiger partial charge on any atom is -0.387 e. The quantitative estimate of drug-likeness (QED) is 0.649. The molecule has 0 heterocycles. The van der Waals surface area contributed by atoms with E-state index in [-0.39, 0.29) is 23.4 Å². The molecule has 0 aliphatic heterocycles. The van der Waals surface area contributed by atoms with Gasteiger partial charge in [-0.3, -0.25) is 14.9 Å². The van der Waals surface area contributed by atoms with E-state index in [4.69, 9.17) is 11.6 Å². The fraction of sp³-hybridized carbons (Fsp3) is 0.188. The molecule has 0 spiro atoms. The zero-order valence-corrected chi connectivity index (χ0v) is 13.1. The maximum Gasteiger partial charge on any atom is 0.273 e. The Morgan fingerprint density at radius 3 is 2.65 bits per heavy atom. The fourth-order valence-electron chi connectivity index (χ4n) is 2.21. The average molecular weight is 335 g/mol. The van der Waals surface area contributed by atoms with E-state index < -0.39 is 16.9 Å². The summed E-state index contributed by atoms with van der Waals surface area (Å²) in [7, 11) is 0. The van der Waals surface area contributed by atoms with Gasteiger partial charge in [0.15, 0.2) is 0 Å². The second-order valence-electron chi connectivity index (χ2n) is 4.95. The molecule has 0 aromatic heterocycles.